The number of aromatic nitrogens is 1. The molecule has 0 bridgehead atoms. The number of hydrogen-bond acceptors (Lipinski definition) is 3. The summed E-state index contributed by atoms with van der Waals surface area (Å²) < 4.78 is 0. The Hall–Kier alpha value is -0.900. The van der Waals surface area contributed by atoms with E-state index < -0.39 is 0 Å². The van der Waals surface area contributed by atoms with Crippen molar-refractivity contribution in [3.8, 4) is 0 Å². The van der Waals surface area contributed by atoms with E-state index in [0.29, 0.717) is 0 Å². The zero-order valence-electron chi connectivity index (χ0n) is 10.8. The Labute approximate surface area is 117 Å². The van der Waals surface area contributed by atoms with Gasteiger partial charge in [0.1, 0.15) is 0 Å². The fourth-order valence-corrected chi connectivity index (χ4v) is 2.82. The highest BCUT2D eigenvalue weighted by Gasteiger charge is 2.13. The number of thiazole rings is 1. The normalized spacial score (nSPS) is 14.4. The Morgan fingerprint density at radius 2 is 2.06 bits per heavy atom. The topological polar surface area (TPSA) is 24.9 Å². The van der Waals surface area contributed by atoms with Crippen LogP contribution in [0.25, 0.3) is 0 Å². The predicted molar refractivity (Wildman–Crippen MR) is 78.3 cm³/mol. The number of benzene rings is 1. The number of nitrogens with one attached hydrogen (secondary N) is 1. The van der Waals surface area contributed by atoms with Gasteiger partial charge in [-0.3, -0.25) is 0 Å². The third kappa shape index (κ3) is 3.31. The van der Waals surface area contributed by atoms with E-state index in [1.807, 2.05) is 25.1 Å². The first-order valence-corrected chi connectivity index (χ1v) is 7.25. The van der Waals surface area contributed by atoms with Gasteiger partial charge in [0.05, 0.1) is 10.7 Å². The SMILES string of the molecule is Cc1nc(C(C)N[C@H](C)c2cccc(Cl)c2)cs1. The molecule has 0 saturated heterocycles. The molecule has 1 unspecified atom stereocenters. The molecule has 0 amide bonds. The standard InChI is InChI=1S/C14H17ClN2S/c1-9(12-5-4-6-13(15)7-12)16-10(2)14-8-18-11(3)17-14/h4-10,16H,1-3H3/t9-,10?/m1/s1. The zero-order valence-corrected chi connectivity index (χ0v) is 12.3. The first kappa shape index (κ1) is 13.5. The molecular formula is C14H17ClN2S. The van der Waals surface area contributed by atoms with Gasteiger partial charge in [-0.15, -0.1) is 11.3 Å². The molecule has 0 aliphatic heterocycles. The number of halogens is 1. The van der Waals surface area contributed by atoms with E-state index in [0.717, 1.165) is 15.7 Å². The maximum absolute atomic E-state index is 6.01. The van der Waals surface area contributed by atoms with Crippen molar-refractivity contribution in [2.75, 3.05) is 0 Å². The average molecular weight is 281 g/mol. The molecule has 0 aliphatic rings. The molecule has 4 heteroatoms. The van der Waals surface area contributed by atoms with Gasteiger partial charge in [-0.2, -0.15) is 0 Å². The molecule has 1 N–H and O–H groups in total. The lowest BCUT2D eigenvalue weighted by molar-refractivity contribution is 0.487. The molecule has 1 aromatic heterocycles. The highest BCUT2D eigenvalue weighted by atomic mass is 35.5. The molecule has 1 heterocycles. The summed E-state index contributed by atoms with van der Waals surface area (Å²) in [4.78, 5) is 4.50. The van der Waals surface area contributed by atoms with Crippen LogP contribution < -0.4 is 5.32 Å². The Morgan fingerprint density at radius 3 is 2.67 bits per heavy atom. The Kier molecular flexibility index (Phi) is 4.38. The van der Waals surface area contributed by atoms with Gasteiger partial charge in [-0.1, -0.05) is 23.7 Å². The van der Waals surface area contributed by atoms with Crippen LogP contribution in [0.15, 0.2) is 29.6 Å². The minimum absolute atomic E-state index is 0.240. The van der Waals surface area contributed by atoms with Crippen molar-refractivity contribution in [1.82, 2.24) is 10.3 Å². The summed E-state index contributed by atoms with van der Waals surface area (Å²) in [7, 11) is 0. The molecule has 96 valence electrons. The molecular weight excluding hydrogens is 264 g/mol. The maximum Gasteiger partial charge on any atom is 0.0898 e. The lowest BCUT2D eigenvalue weighted by Crippen LogP contribution is -2.22. The first-order valence-electron chi connectivity index (χ1n) is 6.00. The third-order valence-corrected chi connectivity index (χ3v) is 3.96. The van der Waals surface area contributed by atoms with Crippen molar-refractivity contribution in [1.29, 1.82) is 0 Å². The third-order valence-electron chi connectivity index (χ3n) is 2.93. The zero-order chi connectivity index (χ0) is 13.1. The van der Waals surface area contributed by atoms with Crippen molar-refractivity contribution in [3.63, 3.8) is 0 Å². The van der Waals surface area contributed by atoms with Crippen LogP contribution in [0.4, 0.5) is 0 Å². The molecule has 0 fully saturated rings. The van der Waals surface area contributed by atoms with E-state index in [1.54, 1.807) is 11.3 Å². The molecule has 2 aromatic rings. The fourth-order valence-electron chi connectivity index (χ4n) is 1.91. The van der Waals surface area contributed by atoms with Crippen LogP contribution in [0.5, 0.6) is 0 Å². The van der Waals surface area contributed by atoms with Crippen molar-refractivity contribution >= 4 is 22.9 Å². The number of aryl methyl sites for hydroxylation is 1. The predicted octanol–water partition coefficient (Wildman–Crippen LogP) is 4.52. The van der Waals surface area contributed by atoms with Crippen molar-refractivity contribution in [2.45, 2.75) is 32.9 Å². The number of rotatable bonds is 4. The Morgan fingerprint density at radius 1 is 1.28 bits per heavy atom. The van der Waals surface area contributed by atoms with Gasteiger partial charge in [-0.05, 0) is 38.5 Å². The molecule has 18 heavy (non-hydrogen) atoms. The van der Waals surface area contributed by atoms with Crippen LogP contribution in [0.1, 0.15) is 42.2 Å². The molecule has 0 aliphatic carbocycles. The van der Waals surface area contributed by atoms with Gasteiger partial charge >= 0.3 is 0 Å². The Balaban J connectivity index is 2.05. The second-order valence-electron chi connectivity index (χ2n) is 4.46. The minimum Gasteiger partial charge on any atom is -0.302 e. The van der Waals surface area contributed by atoms with E-state index >= 15 is 0 Å². The summed E-state index contributed by atoms with van der Waals surface area (Å²) in [5.74, 6) is 0. The van der Waals surface area contributed by atoms with Gasteiger partial charge in [-0.25, -0.2) is 4.98 Å². The molecule has 0 spiro atoms. The van der Waals surface area contributed by atoms with Gasteiger partial charge in [0.15, 0.2) is 0 Å². The van der Waals surface area contributed by atoms with E-state index in [1.165, 1.54) is 5.56 Å². The highest BCUT2D eigenvalue weighted by Crippen LogP contribution is 2.22. The highest BCUT2D eigenvalue weighted by molar-refractivity contribution is 7.09. The lowest BCUT2D eigenvalue weighted by atomic mass is 10.1. The van der Waals surface area contributed by atoms with Gasteiger partial charge < -0.3 is 5.32 Å². The van der Waals surface area contributed by atoms with E-state index in [-0.39, 0.29) is 12.1 Å². The van der Waals surface area contributed by atoms with Crippen LogP contribution >= 0.6 is 22.9 Å². The molecule has 2 rings (SSSR count). The first-order chi connectivity index (χ1) is 8.56. The lowest BCUT2D eigenvalue weighted by Gasteiger charge is -2.19. The van der Waals surface area contributed by atoms with E-state index in [4.69, 9.17) is 11.6 Å². The van der Waals surface area contributed by atoms with Crippen LogP contribution in [0.3, 0.4) is 0 Å². The van der Waals surface area contributed by atoms with Crippen LogP contribution in [-0.2, 0) is 0 Å². The summed E-state index contributed by atoms with van der Waals surface area (Å²) >= 11 is 7.69. The Bertz CT molecular complexity index is 524. The monoisotopic (exact) mass is 280 g/mol. The number of nitrogens with zero attached hydrogens (tertiary/aromatic N) is 1. The minimum atomic E-state index is 0.240. The summed E-state index contributed by atoms with van der Waals surface area (Å²) in [5, 5.41) is 7.53. The molecule has 2 nitrogen and oxygen atoms in total. The summed E-state index contributed by atoms with van der Waals surface area (Å²) in [6, 6.07) is 8.45. The summed E-state index contributed by atoms with van der Waals surface area (Å²) in [6.07, 6.45) is 0. The van der Waals surface area contributed by atoms with Gasteiger partial charge in [0, 0.05) is 22.5 Å². The van der Waals surface area contributed by atoms with Gasteiger partial charge in [0.25, 0.3) is 0 Å². The quantitative estimate of drug-likeness (QED) is 0.891. The van der Waals surface area contributed by atoms with Crippen LogP contribution in [0.2, 0.25) is 5.02 Å². The van der Waals surface area contributed by atoms with E-state index in [9.17, 15) is 0 Å². The summed E-state index contributed by atoms with van der Waals surface area (Å²) in [5.41, 5.74) is 2.30. The van der Waals surface area contributed by atoms with Crippen molar-refractivity contribution < 1.29 is 0 Å². The van der Waals surface area contributed by atoms with Crippen LogP contribution in [0, 0.1) is 6.92 Å². The van der Waals surface area contributed by atoms with Crippen LogP contribution in [-0.4, -0.2) is 4.98 Å². The van der Waals surface area contributed by atoms with E-state index in [2.05, 4.69) is 35.6 Å². The van der Waals surface area contributed by atoms with Crippen molar-refractivity contribution in [3.05, 3.63) is 50.9 Å². The molecule has 0 radical (unpaired) electrons. The maximum atomic E-state index is 6.01. The summed E-state index contributed by atoms with van der Waals surface area (Å²) in [6.45, 7) is 6.30. The van der Waals surface area contributed by atoms with Crippen molar-refractivity contribution in [2.24, 2.45) is 0 Å². The largest absolute Gasteiger partial charge is 0.302 e. The smallest absolute Gasteiger partial charge is 0.0898 e. The number of hydrogen-bond donors (Lipinski definition) is 1. The average Bonchev–Trinajstić information content (AvgIpc) is 2.76. The molecule has 2 atom stereocenters. The fraction of sp³-hybridized carbons (Fsp3) is 0.357. The second kappa shape index (κ2) is 5.83. The van der Waals surface area contributed by atoms with Gasteiger partial charge in [0.2, 0.25) is 0 Å². The molecule has 1 aromatic carbocycles. The molecule has 0 saturated carbocycles. The second-order valence-corrected chi connectivity index (χ2v) is 5.96.